The Balaban J connectivity index is 1.48. The van der Waals surface area contributed by atoms with Gasteiger partial charge in [0.25, 0.3) is 0 Å². The number of H-pyrrole nitrogens is 1. The number of rotatable bonds is 4. The molecule has 1 aromatic carbocycles. The summed E-state index contributed by atoms with van der Waals surface area (Å²) < 4.78 is 0. The minimum Gasteiger partial charge on any atom is -0.351 e. The number of nitrogens with one attached hydrogen (secondary N) is 2. The van der Waals surface area contributed by atoms with Gasteiger partial charge < -0.3 is 10.3 Å². The fourth-order valence-corrected chi connectivity index (χ4v) is 4.38. The third kappa shape index (κ3) is 3.92. The predicted molar refractivity (Wildman–Crippen MR) is 122 cm³/mol. The van der Waals surface area contributed by atoms with Crippen LogP contribution < -0.4 is 5.32 Å². The largest absolute Gasteiger partial charge is 0.351 e. The number of pyridine rings is 1. The molecule has 5 nitrogen and oxygen atoms in total. The summed E-state index contributed by atoms with van der Waals surface area (Å²) in [7, 11) is 0. The molecule has 3 heterocycles. The molecule has 1 aliphatic carbocycles. The molecular weight excluding hydrogens is 370 g/mol. The second-order valence-electron chi connectivity index (χ2n) is 8.29. The van der Waals surface area contributed by atoms with Crippen molar-refractivity contribution in [2.45, 2.75) is 51.5 Å². The fourth-order valence-electron chi connectivity index (χ4n) is 4.38. The summed E-state index contributed by atoms with van der Waals surface area (Å²) in [6, 6.07) is 13.2. The van der Waals surface area contributed by atoms with Crippen LogP contribution in [0.5, 0.6) is 0 Å². The van der Waals surface area contributed by atoms with Gasteiger partial charge in [-0.25, -0.2) is 15.0 Å². The molecule has 0 bridgehead atoms. The van der Waals surface area contributed by atoms with E-state index in [2.05, 4.69) is 57.5 Å². The van der Waals surface area contributed by atoms with E-state index in [0.717, 1.165) is 33.8 Å². The lowest BCUT2D eigenvalue weighted by atomic mass is 10.0. The maximum Gasteiger partial charge on any atom is 0.223 e. The Morgan fingerprint density at radius 2 is 1.83 bits per heavy atom. The van der Waals surface area contributed by atoms with Crippen molar-refractivity contribution in [1.82, 2.24) is 19.9 Å². The zero-order valence-electron chi connectivity index (χ0n) is 17.4. The highest BCUT2D eigenvalue weighted by Gasteiger charge is 2.15. The van der Waals surface area contributed by atoms with Crippen LogP contribution in [0.3, 0.4) is 0 Å². The minimum atomic E-state index is 0.473. The fraction of sp³-hybridized carbons (Fsp3) is 0.320. The number of benzene rings is 1. The van der Waals surface area contributed by atoms with Gasteiger partial charge in [-0.15, -0.1) is 0 Å². The van der Waals surface area contributed by atoms with Crippen LogP contribution in [0, 0.1) is 6.92 Å². The van der Waals surface area contributed by atoms with Crippen molar-refractivity contribution in [1.29, 1.82) is 0 Å². The number of nitrogens with zero attached hydrogens (tertiary/aromatic N) is 3. The molecule has 0 radical (unpaired) electrons. The van der Waals surface area contributed by atoms with Crippen molar-refractivity contribution in [2.75, 3.05) is 5.32 Å². The highest BCUT2D eigenvalue weighted by molar-refractivity contribution is 5.95. The second kappa shape index (κ2) is 8.27. The van der Waals surface area contributed by atoms with E-state index in [1.807, 2.05) is 24.7 Å². The molecule has 1 saturated carbocycles. The van der Waals surface area contributed by atoms with Crippen LogP contribution in [0.2, 0.25) is 0 Å². The van der Waals surface area contributed by atoms with Crippen LogP contribution in [0.15, 0.2) is 55.0 Å². The standard InChI is InChI=1S/C25H27N5/c1-17-7-6-8-18(13-17)19-14-21-22(16-28-24(21)27-15-19)23-11-12-26-25(30-23)29-20-9-4-2-3-5-10-20/h6-8,11-16,20H,2-5,9-10H2,1H3,(H,27,28)(H,26,29,30). The molecule has 1 aliphatic rings. The number of aryl methyl sites for hydroxylation is 1. The van der Waals surface area contributed by atoms with Gasteiger partial charge in [-0.05, 0) is 37.5 Å². The maximum atomic E-state index is 4.84. The first-order valence-corrected chi connectivity index (χ1v) is 10.9. The van der Waals surface area contributed by atoms with E-state index in [1.165, 1.54) is 49.7 Å². The Hall–Kier alpha value is -3.21. The van der Waals surface area contributed by atoms with E-state index in [9.17, 15) is 0 Å². The van der Waals surface area contributed by atoms with Gasteiger partial charge in [0.1, 0.15) is 5.65 Å². The Morgan fingerprint density at radius 1 is 0.967 bits per heavy atom. The van der Waals surface area contributed by atoms with Crippen LogP contribution in [-0.2, 0) is 0 Å². The average Bonchev–Trinajstić information content (AvgIpc) is 3.02. The summed E-state index contributed by atoms with van der Waals surface area (Å²) >= 11 is 0. The molecule has 0 saturated heterocycles. The molecule has 152 valence electrons. The third-order valence-electron chi connectivity index (χ3n) is 6.00. The highest BCUT2D eigenvalue weighted by Crippen LogP contribution is 2.31. The lowest BCUT2D eigenvalue weighted by Crippen LogP contribution is -2.19. The summed E-state index contributed by atoms with van der Waals surface area (Å²) in [6.45, 7) is 2.11. The first kappa shape index (κ1) is 18.8. The molecule has 0 atom stereocenters. The van der Waals surface area contributed by atoms with Crippen LogP contribution in [0.1, 0.15) is 44.1 Å². The van der Waals surface area contributed by atoms with Crippen LogP contribution in [0.25, 0.3) is 33.4 Å². The lowest BCUT2D eigenvalue weighted by Gasteiger charge is -2.16. The molecule has 3 aromatic heterocycles. The van der Waals surface area contributed by atoms with Gasteiger partial charge in [0.05, 0.1) is 5.69 Å². The van der Waals surface area contributed by atoms with Gasteiger partial charge in [-0.2, -0.15) is 0 Å². The highest BCUT2D eigenvalue weighted by atomic mass is 15.1. The molecule has 5 rings (SSSR count). The van der Waals surface area contributed by atoms with Crippen molar-refractivity contribution in [3.05, 3.63) is 60.6 Å². The first-order valence-electron chi connectivity index (χ1n) is 10.9. The number of aromatic amines is 1. The number of anilines is 1. The van der Waals surface area contributed by atoms with Crippen molar-refractivity contribution in [3.8, 4) is 22.4 Å². The van der Waals surface area contributed by atoms with Gasteiger partial charge in [0, 0.05) is 41.1 Å². The Morgan fingerprint density at radius 3 is 2.67 bits per heavy atom. The lowest BCUT2D eigenvalue weighted by molar-refractivity contribution is 0.615. The Kier molecular flexibility index (Phi) is 5.18. The zero-order chi connectivity index (χ0) is 20.3. The average molecular weight is 398 g/mol. The van der Waals surface area contributed by atoms with Crippen LogP contribution in [0.4, 0.5) is 5.95 Å². The molecule has 2 N–H and O–H groups in total. The van der Waals surface area contributed by atoms with E-state index in [4.69, 9.17) is 4.98 Å². The predicted octanol–water partition coefficient (Wildman–Crippen LogP) is 6.13. The summed E-state index contributed by atoms with van der Waals surface area (Å²) in [4.78, 5) is 17.3. The summed E-state index contributed by atoms with van der Waals surface area (Å²) in [5, 5.41) is 4.64. The number of aromatic nitrogens is 4. The topological polar surface area (TPSA) is 66.5 Å². The second-order valence-corrected chi connectivity index (χ2v) is 8.29. The monoisotopic (exact) mass is 397 g/mol. The number of hydrogen-bond donors (Lipinski definition) is 2. The van der Waals surface area contributed by atoms with Gasteiger partial charge in [0.15, 0.2) is 0 Å². The molecule has 0 amide bonds. The minimum absolute atomic E-state index is 0.473. The smallest absolute Gasteiger partial charge is 0.223 e. The Labute approximate surface area is 177 Å². The summed E-state index contributed by atoms with van der Waals surface area (Å²) in [5.41, 5.74) is 6.37. The van der Waals surface area contributed by atoms with Crippen molar-refractivity contribution < 1.29 is 0 Å². The van der Waals surface area contributed by atoms with E-state index in [-0.39, 0.29) is 0 Å². The molecule has 4 aromatic rings. The normalized spacial score (nSPS) is 15.2. The van der Waals surface area contributed by atoms with Crippen molar-refractivity contribution in [2.24, 2.45) is 0 Å². The van der Waals surface area contributed by atoms with Crippen molar-refractivity contribution in [3.63, 3.8) is 0 Å². The van der Waals surface area contributed by atoms with E-state index in [0.29, 0.717) is 6.04 Å². The number of hydrogen-bond acceptors (Lipinski definition) is 4. The molecule has 1 fully saturated rings. The van der Waals surface area contributed by atoms with Gasteiger partial charge in [-0.3, -0.25) is 0 Å². The molecule has 5 heteroatoms. The summed E-state index contributed by atoms with van der Waals surface area (Å²) in [6.07, 6.45) is 13.4. The van der Waals surface area contributed by atoms with E-state index in [1.54, 1.807) is 0 Å². The van der Waals surface area contributed by atoms with Crippen molar-refractivity contribution >= 4 is 17.0 Å². The van der Waals surface area contributed by atoms with E-state index >= 15 is 0 Å². The Bertz CT molecular complexity index is 1160. The molecule has 0 spiro atoms. The van der Waals surface area contributed by atoms with Crippen LogP contribution >= 0.6 is 0 Å². The maximum absolute atomic E-state index is 4.84. The zero-order valence-corrected chi connectivity index (χ0v) is 17.4. The number of fused-ring (bicyclic) bond motifs is 1. The third-order valence-corrected chi connectivity index (χ3v) is 6.00. The van der Waals surface area contributed by atoms with Gasteiger partial charge >= 0.3 is 0 Å². The van der Waals surface area contributed by atoms with E-state index < -0.39 is 0 Å². The molecular formula is C25H27N5. The van der Waals surface area contributed by atoms with Gasteiger partial charge in [0.2, 0.25) is 5.95 Å². The molecule has 0 aliphatic heterocycles. The molecule has 30 heavy (non-hydrogen) atoms. The summed E-state index contributed by atoms with van der Waals surface area (Å²) in [5.74, 6) is 0.719. The molecule has 0 unspecified atom stereocenters. The van der Waals surface area contributed by atoms with Crippen LogP contribution in [-0.4, -0.2) is 26.0 Å². The SMILES string of the molecule is Cc1cccc(-c2cnc3[nH]cc(-c4ccnc(NC5CCCCCC5)n4)c3c2)c1. The first-order chi connectivity index (χ1) is 14.8. The quantitative estimate of drug-likeness (QED) is 0.407. The van der Waals surface area contributed by atoms with Gasteiger partial charge in [-0.1, -0.05) is 55.5 Å².